The van der Waals surface area contributed by atoms with Crippen LogP contribution in [0.25, 0.3) is 0 Å². The summed E-state index contributed by atoms with van der Waals surface area (Å²) in [6.45, 7) is 6.54. The Hall–Kier alpha value is -2.46. The number of aryl methyl sites for hydroxylation is 1. The van der Waals surface area contributed by atoms with Crippen LogP contribution >= 0.6 is 0 Å². The standard InChI is InChI=1S/C17H26N6O3S/c1-5-23(6-2)27(25,26)15-9-7-14(8-10-15)13(3)20-17(24)18-11-16-21-19-12-22(16)4/h7-10,12-13H,5-6,11H2,1-4H3,(H2,18,20,24). The molecular formula is C17H26N6O3S. The zero-order chi connectivity index (χ0) is 20.0. The molecule has 0 fully saturated rings. The van der Waals surface area contributed by atoms with Crippen molar-refractivity contribution in [1.82, 2.24) is 29.7 Å². The first-order valence-corrected chi connectivity index (χ1v) is 10.2. The predicted molar refractivity (Wildman–Crippen MR) is 101 cm³/mol. The van der Waals surface area contributed by atoms with Crippen molar-refractivity contribution < 1.29 is 13.2 Å². The Bertz CT molecular complexity index is 859. The molecule has 0 saturated carbocycles. The summed E-state index contributed by atoms with van der Waals surface area (Å²) in [6.07, 6.45) is 1.56. The highest BCUT2D eigenvalue weighted by atomic mass is 32.2. The van der Waals surface area contributed by atoms with Crippen molar-refractivity contribution >= 4 is 16.1 Å². The van der Waals surface area contributed by atoms with Gasteiger partial charge in [0.05, 0.1) is 17.5 Å². The zero-order valence-corrected chi connectivity index (χ0v) is 16.8. The monoisotopic (exact) mass is 394 g/mol. The third-order valence-electron chi connectivity index (χ3n) is 4.28. The van der Waals surface area contributed by atoms with E-state index < -0.39 is 10.0 Å². The van der Waals surface area contributed by atoms with E-state index in [9.17, 15) is 13.2 Å². The van der Waals surface area contributed by atoms with E-state index in [1.807, 2.05) is 6.92 Å². The van der Waals surface area contributed by atoms with E-state index >= 15 is 0 Å². The highest BCUT2D eigenvalue weighted by Crippen LogP contribution is 2.19. The summed E-state index contributed by atoms with van der Waals surface area (Å²) in [5.41, 5.74) is 0.808. The lowest BCUT2D eigenvalue weighted by atomic mass is 10.1. The zero-order valence-electron chi connectivity index (χ0n) is 16.0. The van der Waals surface area contributed by atoms with Crippen molar-refractivity contribution in [2.24, 2.45) is 7.05 Å². The lowest BCUT2D eigenvalue weighted by Crippen LogP contribution is -2.37. The lowest BCUT2D eigenvalue weighted by Gasteiger charge is -2.19. The molecule has 9 nitrogen and oxygen atoms in total. The van der Waals surface area contributed by atoms with Gasteiger partial charge in [0.2, 0.25) is 10.0 Å². The number of amides is 2. The molecule has 0 aliphatic carbocycles. The predicted octanol–water partition coefficient (Wildman–Crippen LogP) is 1.41. The van der Waals surface area contributed by atoms with Gasteiger partial charge in [0.15, 0.2) is 5.82 Å². The summed E-state index contributed by atoms with van der Waals surface area (Å²) in [4.78, 5) is 12.3. The molecule has 0 spiro atoms. The van der Waals surface area contributed by atoms with Gasteiger partial charge in [0.25, 0.3) is 0 Å². The second-order valence-electron chi connectivity index (χ2n) is 6.07. The summed E-state index contributed by atoms with van der Waals surface area (Å²) in [6, 6.07) is 5.94. The highest BCUT2D eigenvalue weighted by molar-refractivity contribution is 7.89. The number of carbonyl (C=O) groups is 1. The molecule has 10 heteroatoms. The van der Waals surface area contributed by atoms with Crippen LogP contribution in [-0.2, 0) is 23.6 Å². The first-order valence-electron chi connectivity index (χ1n) is 8.76. The minimum Gasteiger partial charge on any atom is -0.332 e. The number of benzene rings is 1. The lowest BCUT2D eigenvalue weighted by molar-refractivity contribution is 0.237. The molecule has 2 rings (SSSR count). The molecule has 2 aromatic rings. The summed E-state index contributed by atoms with van der Waals surface area (Å²) >= 11 is 0. The van der Waals surface area contributed by atoms with Crippen molar-refractivity contribution in [3.63, 3.8) is 0 Å². The molecule has 0 saturated heterocycles. The van der Waals surface area contributed by atoms with Crippen LogP contribution in [0.15, 0.2) is 35.5 Å². The van der Waals surface area contributed by atoms with Crippen LogP contribution in [0.4, 0.5) is 4.79 Å². The van der Waals surface area contributed by atoms with Gasteiger partial charge in [-0.2, -0.15) is 4.31 Å². The average molecular weight is 395 g/mol. The SMILES string of the molecule is CCN(CC)S(=O)(=O)c1ccc(C(C)NC(=O)NCc2nncn2C)cc1. The Kier molecular flexibility index (Phi) is 6.92. The van der Waals surface area contributed by atoms with E-state index in [0.717, 1.165) is 5.56 Å². The summed E-state index contributed by atoms with van der Waals surface area (Å²) in [7, 11) is -1.69. The summed E-state index contributed by atoms with van der Waals surface area (Å²) in [5, 5.41) is 13.2. The van der Waals surface area contributed by atoms with E-state index in [1.54, 1.807) is 56.1 Å². The van der Waals surface area contributed by atoms with Gasteiger partial charge in [0.1, 0.15) is 6.33 Å². The highest BCUT2D eigenvalue weighted by Gasteiger charge is 2.21. The van der Waals surface area contributed by atoms with E-state index in [1.165, 1.54) is 4.31 Å². The van der Waals surface area contributed by atoms with Gasteiger partial charge >= 0.3 is 6.03 Å². The van der Waals surface area contributed by atoms with Gasteiger partial charge in [0, 0.05) is 20.1 Å². The van der Waals surface area contributed by atoms with E-state index in [0.29, 0.717) is 18.9 Å². The van der Waals surface area contributed by atoms with Crippen LogP contribution in [-0.4, -0.2) is 46.6 Å². The normalized spacial score (nSPS) is 12.8. The smallest absolute Gasteiger partial charge is 0.315 e. The summed E-state index contributed by atoms with van der Waals surface area (Å²) < 4.78 is 28.2. The number of nitrogens with one attached hydrogen (secondary N) is 2. The minimum atomic E-state index is -3.49. The van der Waals surface area contributed by atoms with Crippen LogP contribution in [0.5, 0.6) is 0 Å². The fourth-order valence-corrected chi connectivity index (χ4v) is 4.06. The molecule has 2 amide bonds. The summed E-state index contributed by atoms with van der Waals surface area (Å²) in [5.74, 6) is 0.642. The fraction of sp³-hybridized carbons (Fsp3) is 0.471. The topological polar surface area (TPSA) is 109 Å². The number of nitrogens with zero attached hydrogens (tertiary/aromatic N) is 4. The van der Waals surface area contributed by atoms with Crippen LogP contribution in [0.2, 0.25) is 0 Å². The van der Waals surface area contributed by atoms with Crippen molar-refractivity contribution in [1.29, 1.82) is 0 Å². The number of carbonyl (C=O) groups excluding carboxylic acids is 1. The maximum Gasteiger partial charge on any atom is 0.315 e. The molecule has 1 unspecified atom stereocenters. The Morgan fingerprint density at radius 2 is 1.85 bits per heavy atom. The van der Waals surface area contributed by atoms with Gasteiger partial charge in [-0.25, -0.2) is 13.2 Å². The molecule has 1 heterocycles. The van der Waals surface area contributed by atoms with Crippen LogP contribution in [0.3, 0.4) is 0 Å². The van der Waals surface area contributed by atoms with E-state index in [4.69, 9.17) is 0 Å². The Labute approximate surface area is 159 Å². The number of aromatic nitrogens is 3. The maximum absolute atomic E-state index is 12.5. The molecule has 1 atom stereocenters. The number of sulfonamides is 1. The number of hydrogen-bond donors (Lipinski definition) is 2. The molecule has 148 valence electrons. The van der Waals surface area contributed by atoms with Crippen LogP contribution in [0, 0.1) is 0 Å². The second kappa shape index (κ2) is 8.96. The Balaban J connectivity index is 1.97. The van der Waals surface area contributed by atoms with Crippen molar-refractivity contribution in [2.45, 2.75) is 38.3 Å². The quantitative estimate of drug-likeness (QED) is 0.703. The number of hydrogen-bond acceptors (Lipinski definition) is 5. The molecule has 0 aliphatic heterocycles. The van der Waals surface area contributed by atoms with Gasteiger partial charge in [-0.15, -0.1) is 10.2 Å². The third kappa shape index (κ3) is 5.04. The van der Waals surface area contributed by atoms with Crippen molar-refractivity contribution in [2.75, 3.05) is 13.1 Å². The van der Waals surface area contributed by atoms with Gasteiger partial charge in [-0.1, -0.05) is 26.0 Å². The van der Waals surface area contributed by atoms with Gasteiger partial charge in [-0.05, 0) is 24.6 Å². The van der Waals surface area contributed by atoms with Crippen molar-refractivity contribution in [3.05, 3.63) is 42.0 Å². The second-order valence-corrected chi connectivity index (χ2v) is 8.00. The Morgan fingerprint density at radius 3 is 2.37 bits per heavy atom. The fourth-order valence-electron chi connectivity index (χ4n) is 2.60. The van der Waals surface area contributed by atoms with Crippen LogP contribution in [0.1, 0.15) is 38.2 Å². The molecular weight excluding hydrogens is 368 g/mol. The third-order valence-corrected chi connectivity index (χ3v) is 6.35. The average Bonchev–Trinajstić information content (AvgIpc) is 3.05. The molecule has 2 N–H and O–H groups in total. The van der Waals surface area contributed by atoms with E-state index in [-0.39, 0.29) is 23.5 Å². The van der Waals surface area contributed by atoms with Crippen molar-refractivity contribution in [3.8, 4) is 0 Å². The number of urea groups is 1. The molecule has 0 radical (unpaired) electrons. The van der Waals surface area contributed by atoms with Gasteiger partial charge in [-0.3, -0.25) is 0 Å². The molecule has 0 bridgehead atoms. The first kappa shape index (κ1) is 20.8. The largest absolute Gasteiger partial charge is 0.332 e. The van der Waals surface area contributed by atoms with Gasteiger partial charge < -0.3 is 15.2 Å². The molecule has 0 aliphatic rings. The minimum absolute atomic E-state index is 0.244. The van der Waals surface area contributed by atoms with E-state index in [2.05, 4.69) is 20.8 Å². The molecule has 1 aromatic heterocycles. The molecule has 27 heavy (non-hydrogen) atoms. The Morgan fingerprint density at radius 1 is 1.22 bits per heavy atom. The number of rotatable bonds is 8. The first-order chi connectivity index (χ1) is 12.8. The maximum atomic E-state index is 12.5. The van der Waals surface area contributed by atoms with Crippen LogP contribution < -0.4 is 10.6 Å². The molecule has 1 aromatic carbocycles.